The van der Waals surface area contributed by atoms with Gasteiger partial charge in [-0.3, -0.25) is 0 Å². The molecule has 1 aliphatic heterocycles. The van der Waals surface area contributed by atoms with E-state index in [1.54, 1.807) is 6.07 Å². The van der Waals surface area contributed by atoms with Gasteiger partial charge in [-0.05, 0) is 29.2 Å². The standard InChI is InChI=1S/C16H17ClN2O2S/c1-18-22(20,21)19-11-10-12-6-2-3-7-13(12)16(19)14-8-4-5-9-15(14)17/h2-9,16,18H,10-11H2,1H3. The van der Waals surface area contributed by atoms with E-state index >= 15 is 0 Å². The van der Waals surface area contributed by atoms with Gasteiger partial charge in [0.15, 0.2) is 0 Å². The van der Waals surface area contributed by atoms with Crippen molar-refractivity contribution >= 4 is 21.8 Å². The van der Waals surface area contributed by atoms with E-state index in [4.69, 9.17) is 11.6 Å². The predicted octanol–water partition coefficient (Wildman–Crippen LogP) is 2.75. The molecule has 2 aromatic carbocycles. The molecular formula is C16H17ClN2O2S. The van der Waals surface area contributed by atoms with Gasteiger partial charge in [0.05, 0.1) is 6.04 Å². The zero-order valence-corrected chi connectivity index (χ0v) is 13.7. The topological polar surface area (TPSA) is 49.4 Å². The summed E-state index contributed by atoms with van der Waals surface area (Å²) >= 11 is 6.34. The molecule has 1 aliphatic rings. The first kappa shape index (κ1) is 15.5. The van der Waals surface area contributed by atoms with Crippen LogP contribution in [0.5, 0.6) is 0 Å². The van der Waals surface area contributed by atoms with Crippen LogP contribution in [0.1, 0.15) is 22.7 Å². The highest BCUT2D eigenvalue weighted by Crippen LogP contribution is 2.39. The van der Waals surface area contributed by atoms with Gasteiger partial charge in [0.25, 0.3) is 10.2 Å². The van der Waals surface area contributed by atoms with Crippen molar-refractivity contribution in [2.45, 2.75) is 12.5 Å². The van der Waals surface area contributed by atoms with Gasteiger partial charge in [-0.15, -0.1) is 0 Å². The summed E-state index contributed by atoms with van der Waals surface area (Å²) in [4.78, 5) is 0. The monoisotopic (exact) mass is 336 g/mol. The summed E-state index contributed by atoms with van der Waals surface area (Å²) in [5.41, 5.74) is 2.95. The fourth-order valence-electron chi connectivity index (χ4n) is 2.94. The molecule has 1 N–H and O–H groups in total. The second kappa shape index (κ2) is 6.01. The van der Waals surface area contributed by atoms with Gasteiger partial charge < -0.3 is 0 Å². The lowest BCUT2D eigenvalue weighted by atomic mass is 9.90. The van der Waals surface area contributed by atoms with E-state index in [0.29, 0.717) is 18.0 Å². The van der Waals surface area contributed by atoms with Crippen molar-refractivity contribution < 1.29 is 8.42 Å². The number of fused-ring (bicyclic) bond motifs is 1. The maximum atomic E-state index is 12.4. The molecule has 2 aromatic rings. The average molecular weight is 337 g/mol. The normalized spacial score (nSPS) is 18.9. The third-order valence-corrected chi connectivity index (χ3v) is 5.88. The van der Waals surface area contributed by atoms with Gasteiger partial charge in [0.2, 0.25) is 0 Å². The first-order valence-corrected chi connectivity index (χ1v) is 8.89. The Balaban J connectivity index is 2.21. The van der Waals surface area contributed by atoms with Crippen LogP contribution in [-0.2, 0) is 16.6 Å². The van der Waals surface area contributed by atoms with Crippen molar-refractivity contribution in [2.24, 2.45) is 0 Å². The zero-order chi connectivity index (χ0) is 15.7. The number of rotatable bonds is 3. The summed E-state index contributed by atoms with van der Waals surface area (Å²) in [6.45, 7) is 0.427. The van der Waals surface area contributed by atoms with Crippen LogP contribution < -0.4 is 4.72 Å². The lowest BCUT2D eigenvalue weighted by molar-refractivity contribution is 0.340. The van der Waals surface area contributed by atoms with Crippen LogP contribution in [0.2, 0.25) is 5.02 Å². The van der Waals surface area contributed by atoms with Gasteiger partial charge in [-0.2, -0.15) is 12.7 Å². The lowest BCUT2D eigenvalue weighted by Gasteiger charge is -2.36. The summed E-state index contributed by atoms with van der Waals surface area (Å²) in [7, 11) is -2.12. The summed E-state index contributed by atoms with van der Waals surface area (Å²) in [6, 6.07) is 14.9. The fourth-order valence-corrected chi connectivity index (χ4v) is 4.25. The predicted molar refractivity (Wildman–Crippen MR) is 88.1 cm³/mol. The smallest absolute Gasteiger partial charge is 0.205 e. The molecule has 1 unspecified atom stereocenters. The molecule has 3 rings (SSSR count). The molecule has 0 aromatic heterocycles. The van der Waals surface area contributed by atoms with E-state index in [0.717, 1.165) is 16.7 Å². The van der Waals surface area contributed by atoms with Crippen LogP contribution in [0.4, 0.5) is 0 Å². The zero-order valence-electron chi connectivity index (χ0n) is 12.2. The number of halogens is 1. The van der Waals surface area contributed by atoms with E-state index in [1.165, 1.54) is 11.4 Å². The summed E-state index contributed by atoms with van der Waals surface area (Å²) in [5, 5.41) is 0.570. The molecule has 0 radical (unpaired) electrons. The van der Waals surface area contributed by atoms with Crippen molar-refractivity contribution in [3.63, 3.8) is 0 Å². The highest BCUT2D eigenvalue weighted by molar-refractivity contribution is 7.87. The number of hydrogen-bond acceptors (Lipinski definition) is 2. The summed E-state index contributed by atoms with van der Waals surface area (Å²) in [5.74, 6) is 0. The van der Waals surface area contributed by atoms with Crippen molar-refractivity contribution in [2.75, 3.05) is 13.6 Å². The summed E-state index contributed by atoms with van der Waals surface area (Å²) in [6.07, 6.45) is 0.692. The number of nitrogens with one attached hydrogen (secondary N) is 1. The van der Waals surface area contributed by atoms with Gasteiger partial charge >= 0.3 is 0 Å². The Bertz CT molecular complexity index is 792. The van der Waals surface area contributed by atoms with Gasteiger partial charge in [-0.25, -0.2) is 4.72 Å². The quantitative estimate of drug-likeness (QED) is 0.937. The molecule has 0 saturated carbocycles. The molecule has 116 valence electrons. The maximum Gasteiger partial charge on any atom is 0.280 e. The first-order chi connectivity index (χ1) is 10.5. The molecule has 0 spiro atoms. The number of benzene rings is 2. The second-order valence-corrected chi connectivity index (χ2v) is 7.43. The SMILES string of the molecule is CNS(=O)(=O)N1CCc2ccccc2C1c1ccccc1Cl. The molecule has 22 heavy (non-hydrogen) atoms. The third-order valence-electron chi connectivity index (χ3n) is 4.01. The molecule has 1 heterocycles. The largest absolute Gasteiger partial charge is 0.280 e. The van der Waals surface area contributed by atoms with E-state index in [9.17, 15) is 8.42 Å². The first-order valence-electron chi connectivity index (χ1n) is 7.07. The Morgan fingerprint density at radius 3 is 2.41 bits per heavy atom. The van der Waals surface area contributed by atoms with E-state index in [-0.39, 0.29) is 0 Å². The summed E-state index contributed by atoms with van der Waals surface area (Å²) < 4.78 is 28.8. The Morgan fingerprint density at radius 2 is 1.73 bits per heavy atom. The minimum atomic E-state index is -3.55. The molecular weight excluding hydrogens is 320 g/mol. The minimum absolute atomic E-state index is 0.406. The van der Waals surface area contributed by atoms with Crippen LogP contribution in [0.15, 0.2) is 48.5 Å². The van der Waals surface area contributed by atoms with Gasteiger partial charge in [0, 0.05) is 18.6 Å². The Labute approximate surface area is 135 Å². The minimum Gasteiger partial charge on any atom is -0.205 e. The second-order valence-electron chi connectivity index (χ2n) is 5.19. The van der Waals surface area contributed by atoms with Crippen LogP contribution in [0.3, 0.4) is 0 Å². The Hall–Kier alpha value is -1.40. The van der Waals surface area contributed by atoms with E-state index in [1.807, 2.05) is 42.5 Å². The van der Waals surface area contributed by atoms with Crippen LogP contribution in [-0.4, -0.2) is 26.3 Å². The maximum absolute atomic E-state index is 12.4. The van der Waals surface area contributed by atoms with Crippen molar-refractivity contribution in [3.05, 3.63) is 70.2 Å². The number of nitrogens with zero attached hydrogens (tertiary/aromatic N) is 1. The Morgan fingerprint density at radius 1 is 1.09 bits per heavy atom. The molecule has 1 atom stereocenters. The van der Waals surface area contributed by atoms with Crippen molar-refractivity contribution in [3.8, 4) is 0 Å². The molecule has 6 heteroatoms. The van der Waals surface area contributed by atoms with Crippen LogP contribution in [0, 0.1) is 0 Å². The molecule has 0 amide bonds. The molecule has 0 aliphatic carbocycles. The van der Waals surface area contributed by atoms with Crippen molar-refractivity contribution in [1.82, 2.24) is 9.03 Å². The molecule has 0 fully saturated rings. The van der Waals surface area contributed by atoms with Crippen LogP contribution in [0.25, 0.3) is 0 Å². The Kier molecular flexibility index (Phi) is 4.23. The molecule has 4 nitrogen and oxygen atoms in total. The highest BCUT2D eigenvalue weighted by atomic mass is 35.5. The van der Waals surface area contributed by atoms with Crippen LogP contribution >= 0.6 is 11.6 Å². The third kappa shape index (κ3) is 2.65. The van der Waals surface area contributed by atoms with Crippen molar-refractivity contribution in [1.29, 1.82) is 0 Å². The number of hydrogen-bond donors (Lipinski definition) is 1. The lowest BCUT2D eigenvalue weighted by Crippen LogP contribution is -2.45. The average Bonchev–Trinajstić information content (AvgIpc) is 2.54. The van der Waals surface area contributed by atoms with E-state index in [2.05, 4.69) is 4.72 Å². The fraction of sp³-hybridized carbons (Fsp3) is 0.250. The molecule has 0 saturated heterocycles. The molecule has 0 bridgehead atoms. The highest BCUT2D eigenvalue weighted by Gasteiger charge is 2.36. The van der Waals surface area contributed by atoms with E-state index < -0.39 is 16.3 Å². The van der Waals surface area contributed by atoms with Gasteiger partial charge in [-0.1, -0.05) is 54.1 Å². The van der Waals surface area contributed by atoms with Gasteiger partial charge in [0.1, 0.15) is 0 Å².